The molecule has 2 heterocycles. The Hall–Kier alpha value is -2.57. The van der Waals surface area contributed by atoms with E-state index in [4.69, 9.17) is 0 Å². The van der Waals surface area contributed by atoms with Crippen LogP contribution in [0.4, 0.5) is 0 Å². The molecule has 0 radical (unpaired) electrons. The number of aromatic nitrogens is 3. The summed E-state index contributed by atoms with van der Waals surface area (Å²) in [6.07, 6.45) is 0.449. The molecule has 1 aromatic carbocycles. The number of aryl methyl sites for hydroxylation is 2. The van der Waals surface area contributed by atoms with Crippen molar-refractivity contribution in [3.05, 3.63) is 33.6 Å². The zero-order chi connectivity index (χ0) is 15.1. The van der Waals surface area contributed by atoms with Crippen molar-refractivity contribution >= 4 is 22.7 Å². The molecular formula is C14H14N4O3. The van der Waals surface area contributed by atoms with Gasteiger partial charge in [-0.1, -0.05) is 11.3 Å². The Morgan fingerprint density at radius 3 is 2.71 bits per heavy atom. The normalized spacial score (nSPS) is 18.9. The number of fused-ring (bicyclic) bond motifs is 1. The van der Waals surface area contributed by atoms with Crippen LogP contribution >= 0.6 is 0 Å². The molecule has 1 N–H and O–H groups in total. The Labute approximate surface area is 120 Å². The van der Waals surface area contributed by atoms with Gasteiger partial charge in [0.05, 0.1) is 5.39 Å². The minimum absolute atomic E-state index is 0.190. The van der Waals surface area contributed by atoms with Crippen LogP contribution in [0.15, 0.2) is 16.9 Å². The summed E-state index contributed by atoms with van der Waals surface area (Å²) in [5, 5.41) is 10.6. The fraction of sp³-hybridized carbons (Fsp3) is 0.357. The van der Waals surface area contributed by atoms with Crippen LogP contribution in [0, 0.1) is 13.8 Å². The van der Waals surface area contributed by atoms with Gasteiger partial charge in [0.15, 0.2) is 0 Å². The van der Waals surface area contributed by atoms with Crippen molar-refractivity contribution in [1.29, 1.82) is 0 Å². The van der Waals surface area contributed by atoms with Gasteiger partial charge >= 0.3 is 0 Å². The van der Waals surface area contributed by atoms with Crippen LogP contribution in [0.2, 0.25) is 0 Å². The molecule has 0 aliphatic carbocycles. The summed E-state index contributed by atoms with van der Waals surface area (Å²) < 4.78 is 1.08. The zero-order valence-electron chi connectivity index (χ0n) is 11.7. The Balaban J connectivity index is 2.19. The van der Waals surface area contributed by atoms with E-state index in [1.165, 1.54) is 0 Å². The summed E-state index contributed by atoms with van der Waals surface area (Å²) in [4.78, 5) is 35.7. The lowest BCUT2D eigenvalue weighted by atomic mass is 10.0. The predicted octanol–water partition coefficient (Wildman–Crippen LogP) is 0.386. The highest BCUT2D eigenvalue weighted by Crippen LogP contribution is 2.19. The van der Waals surface area contributed by atoms with Crippen LogP contribution in [0.5, 0.6) is 0 Å². The molecule has 1 aliphatic heterocycles. The lowest BCUT2D eigenvalue weighted by Crippen LogP contribution is -2.45. The number of nitrogens with zero attached hydrogens (tertiary/aromatic N) is 3. The van der Waals surface area contributed by atoms with Crippen LogP contribution in [0.3, 0.4) is 0 Å². The van der Waals surface area contributed by atoms with Gasteiger partial charge in [0.25, 0.3) is 11.5 Å². The number of carbonyl (C=O) groups excluding carboxylic acids is 2. The summed E-state index contributed by atoms with van der Waals surface area (Å²) >= 11 is 0. The minimum atomic E-state index is -0.785. The largest absolute Gasteiger partial charge is 0.295 e. The fourth-order valence-corrected chi connectivity index (χ4v) is 2.53. The quantitative estimate of drug-likeness (QED) is 0.765. The number of carbonyl (C=O) groups is 2. The second-order valence-corrected chi connectivity index (χ2v) is 5.21. The molecule has 0 bridgehead atoms. The van der Waals surface area contributed by atoms with Crippen LogP contribution in [-0.4, -0.2) is 26.8 Å². The van der Waals surface area contributed by atoms with Crippen molar-refractivity contribution in [3.63, 3.8) is 0 Å². The van der Waals surface area contributed by atoms with Gasteiger partial charge in [-0.05, 0) is 37.5 Å². The lowest BCUT2D eigenvalue weighted by molar-refractivity contribution is -0.136. The number of benzene rings is 1. The molecule has 7 nitrogen and oxygen atoms in total. The summed E-state index contributed by atoms with van der Waals surface area (Å²) in [5.41, 5.74) is 1.96. The average molecular weight is 286 g/mol. The number of rotatable bonds is 1. The highest BCUT2D eigenvalue weighted by atomic mass is 16.2. The van der Waals surface area contributed by atoms with Crippen LogP contribution in [0.1, 0.15) is 30.0 Å². The van der Waals surface area contributed by atoms with E-state index in [1.807, 2.05) is 19.9 Å². The Kier molecular flexibility index (Phi) is 3.04. The summed E-state index contributed by atoms with van der Waals surface area (Å²) in [7, 11) is 0. The standard InChI is InChI=1S/C14H14N4O3/c1-7-3-4-9-12(8(7)2)14(21)18(17-16-9)10-5-6-11(19)15-13(10)20/h3-4,10H,5-6H2,1-2H3,(H,15,19,20). The summed E-state index contributed by atoms with van der Waals surface area (Å²) in [6, 6.07) is 2.83. The fourth-order valence-electron chi connectivity index (χ4n) is 2.53. The molecule has 1 unspecified atom stereocenters. The first-order chi connectivity index (χ1) is 9.99. The van der Waals surface area contributed by atoms with Crippen molar-refractivity contribution in [2.45, 2.75) is 32.7 Å². The van der Waals surface area contributed by atoms with Crippen LogP contribution in [0.25, 0.3) is 10.9 Å². The third kappa shape index (κ3) is 2.10. The van der Waals surface area contributed by atoms with E-state index in [9.17, 15) is 14.4 Å². The molecule has 21 heavy (non-hydrogen) atoms. The second kappa shape index (κ2) is 4.76. The zero-order valence-corrected chi connectivity index (χ0v) is 11.7. The van der Waals surface area contributed by atoms with E-state index in [0.29, 0.717) is 10.9 Å². The van der Waals surface area contributed by atoms with E-state index in [-0.39, 0.29) is 24.3 Å². The Morgan fingerprint density at radius 1 is 1.24 bits per heavy atom. The molecule has 2 aromatic rings. The first-order valence-corrected chi connectivity index (χ1v) is 6.68. The molecule has 7 heteroatoms. The molecule has 0 saturated carbocycles. The number of nitrogens with one attached hydrogen (secondary N) is 1. The van der Waals surface area contributed by atoms with Gasteiger partial charge in [-0.15, -0.1) is 5.10 Å². The first kappa shape index (κ1) is 13.4. The number of amides is 2. The van der Waals surface area contributed by atoms with Gasteiger partial charge in [0, 0.05) is 6.42 Å². The summed E-state index contributed by atoms with van der Waals surface area (Å²) in [5.74, 6) is -0.836. The molecule has 1 aliphatic rings. The average Bonchev–Trinajstić information content (AvgIpc) is 2.44. The van der Waals surface area contributed by atoms with Gasteiger partial charge in [0.2, 0.25) is 5.91 Å². The maximum absolute atomic E-state index is 12.6. The molecular weight excluding hydrogens is 272 g/mol. The van der Waals surface area contributed by atoms with Crippen LogP contribution < -0.4 is 10.9 Å². The van der Waals surface area contributed by atoms with Crippen molar-refractivity contribution in [2.75, 3.05) is 0 Å². The van der Waals surface area contributed by atoms with E-state index in [2.05, 4.69) is 15.6 Å². The maximum atomic E-state index is 12.6. The molecule has 1 saturated heterocycles. The lowest BCUT2D eigenvalue weighted by Gasteiger charge is -2.21. The molecule has 2 amide bonds. The molecule has 1 atom stereocenters. The van der Waals surface area contributed by atoms with Crippen molar-refractivity contribution in [1.82, 2.24) is 20.3 Å². The number of piperidine rings is 1. The smallest absolute Gasteiger partial charge is 0.278 e. The van der Waals surface area contributed by atoms with Gasteiger partial charge in [0.1, 0.15) is 11.6 Å². The Bertz CT molecular complexity index is 825. The predicted molar refractivity (Wildman–Crippen MR) is 74.7 cm³/mol. The van der Waals surface area contributed by atoms with Gasteiger partial charge in [-0.3, -0.25) is 19.7 Å². The van der Waals surface area contributed by atoms with Crippen molar-refractivity contribution in [3.8, 4) is 0 Å². The summed E-state index contributed by atoms with van der Waals surface area (Å²) in [6.45, 7) is 3.75. The highest BCUT2D eigenvalue weighted by Gasteiger charge is 2.30. The third-order valence-electron chi connectivity index (χ3n) is 3.89. The number of hydrogen-bond donors (Lipinski definition) is 1. The van der Waals surface area contributed by atoms with Gasteiger partial charge in [-0.25, -0.2) is 0 Å². The second-order valence-electron chi connectivity index (χ2n) is 5.21. The third-order valence-corrected chi connectivity index (χ3v) is 3.89. The molecule has 108 valence electrons. The SMILES string of the molecule is Cc1ccc2nnn(C3CCC(=O)NC3=O)c(=O)c2c1C. The molecule has 3 rings (SSSR count). The topological polar surface area (TPSA) is 93.9 Å². The van der Waals surface area contributed by atoms with Crippen LogP contribution in [-0.2, 0) is 9.59 Å². The van der Waals surface area contributed by atoms with Crippen molar-refractivity contribution < 1.29 is 9.59 Å². The van der Waals surface area contributed by atoms with E-state index in [1.54, 1.807) is 6.07 Å². The first-order valence-electron chi connectivity index (χ1n) is 6.68. The van der Waals surface area contributed by atoms with E-state index < -0.39 is 11.9 Å². The molecule has 1 fully saturated rings. The van der Waals surface area contributed by atoms with E-state index >= 15 is 0 Å². The highest BCUT2D eigenvalue weighted by molar-refractivity contribution is 5.99. The molecule has 1 aromatic heterocycles. The van der Waals surface area contributed by atoms with Crippen molar-refractivity contribution in [2.24, 2.45) is 0 Å². The number of hydrogen-bond acceptors (Lipinski definition) is 5. The number of imide groups is 1. The van der Waals surface area contributed by atoms with E-state index in [0.717, 1.165) is 15.8 Å². The van der Waals surface area contributed by atoms with Gasteiger partial charge < -0.3 is 0 Å². The monoisotopic (exact) mass is 286 g/mol. The van der Waals surface area contributed by atoms with Gasteiger partial charge in [-0.2, -0.15) is 4.68 Å². The maximum Gasteiger partial charge on any atom is 0.278 e. The molecule has 0 spiro atoms. The Morgan fingerprint density at radius 2 is 2.00 bits per heavy atom. The minimum Gasteiger partial charge on any atom is -0.295 e.